The van der Waals surface area contributed by atoms with Crippen LogP contribution in [-0.2, 0) is 9.84 Å². The molecule has 0 unspecified atom stereocenters. The molecule has 22 heavy (non-hydrogen) atoms. The van der Waals surface area contributed by atoms with Crippen molar-refractivity contribution in [2.75, 3.05) is 5.75 Å². The lowest BCUT2D eigenvalue weighted by molar-refractivity contribution is 0.0696. The van der Waals surface area contributed by atoms with Crippen LogP contribution in [0.5, 0.6) is 0 Å². The topological polar surface area (TPSA) is 71.4 Å². The van der Waals surface area contributed by atoms with Gasteiger partial charge in [0, 0.05) is 0 Å². The van der Waals surface area contributed by atoms with Crippen LogP contribution in [0.2, 0.25) is 0 Å². The summed E-state index contributed by atoms with van der Waals surface area (Å²) in [5.41, 5.74) is 0.103. The second-order valence-corrected chi connectivity index (χ2v) is 7.73. The van der Waals surface area contributed by atoms with Crippen LogP contribution in [0.3, 0.4) is 0 Å². The number of carbonyl (C=O) groups is 1. The molecule has 4 nitrogen and oxygen atoms in total. The summed E-state index contributed by atoms with van der Waals surface area (Å²) in [6.45, 7) is 2.19. The molecule has 1 N–H and O–H groups in total. The fourth-order valence-corrected chi connectivity index (χ4v) is 3.72. The fourth-order valence-electron chi connectivity index (χ4n) is 2.35. The summed E-state index contributed by atoms with van der Waals surface area (Å²) >= 11 is 0. The first-order valence-corrected chi connectivity index (χ1v) is 9.68. The van der Waals surface area contributed by atoms with Crippen molar-refractivity contribution in [1.82, 2.24) is 0 Å². The van der Waals surface area contributed by atoms with Gasteiger partial charge in [0.2, 0.25) is 0 Å². The minimum atomic E-state index is -3.30. The van der Waals surface area contributed by atoms with E-state index in [0.29, 0.717) is 6.42 Å². The van der Waals surface area contributed by atoms with E-state index in [2.05, 4.69) is 6.92 Å². The number of hydrogen-bond acceptors (Lipinski definition) is 3. The van der Waals surface area contributed by atoms with E-state index >= 15 is 0 Å². The molecule has 0 saturated carbocycles. The van der Waals surface area contributed by atoms with Crippen LogP contribution in [0.15, 0.2) is 29.2 Å². The van der Waals surface area contributed by atoms with Crippen molar-refractivity contribution in [3.63, 3.8) is 0 Å². The minimum Gasteiger partial charge on any atom is -0.478 e. The van der Waals surface area contributed by atoms with E-state index < -0.39 is 15.8 Å². The molecule has 124 valence electrons. The Kier molecular flexibility index (Phi) is 8.17. The van der Waals surface area contributed by atoms with Crippen LogP contribution in [0.4, 0.5) is 0 Å². The molecule has 0 aliphatic carbocycles. The second kappa shape index (κ2) is 9.62. The lowest BCUT2D eigenvalue weighted by atomic mass is 10.1. The lowest BCUT2D eigenvalue weighted by Crippen LogP contribution is -2.07. The van der Waals surface area contributed by atoms with Crippen molar-refractivity contribution in [2.24, 2.45) is 0 Å². The van der Waals surface area contributed by atoms with Crippen molar-refractivity contribution < 1.29 is 18.3 Å². The summed E-state index contributed by atoms with van der Waals surface area (Å²) in [7, 11) is -3.30. The normalized spacial score (nSPS) is 11.5. The molecule has 0 radical (unpaired) electrons. The van der Waals surface area contributed by atoms with E-state index in [-0.39, 0.29) is 16.2 Å². The molecule has 0 aliphatic heterocycles. The molecular weight excluding hydrogens is 300 g/mol. The highest BCUT2D eigenvalue weighted by atomic mass is 32.2. The van der Waals surface area contributed by atoms with Crippen molar-refractivity contribution >= 4 is 15.8 Å². The number of carboxylic acids is 1. The smallest absolute Gasteiger partial charge is 0.335 e. The molecule has 0 aromatic heterocycles. The molecule has 0 aliphatic rings. The Bertz CT molecular complexity index is 547. The number of aromatic carboxylic acids is 1. The van der Waals surface area contributed by atoms with Crippen LogP contribution in [-0.4, -0.2) is 25.2 Å². The third kappa shape index (κ3) is 6.60. The zero-order chi connectivity index (χ0) is 16.4. The van der Waals surface area contributed by atoms with Crippen LogP contribution >= 0.6 is 0 Å². The molecular formula is C17H26O4S. The molecule has 0 saturated heterocycles. The first-order chi connectivity index (χ1) is 10.5. The Morgan fingerprint density at radius 2 is 1.41 bits per heavy atom. The molecule has 1 aromatic rings. The summed E-state index contributed by atoms with van der Waals surface area (Å²) in [6, 6.07) is 5.43. The largest absolute Gasteiger partial charge is 0.478 e. The predicted molar refractivity (Wildman–Crippen MR) is 88.1 cm³/mol. The van der Waals surface area contributed by atoms with E-state index in [1.165, 1.54) is 56.4 Å². The maximum Gasteiger partial charge on any atom is 0.335 e. The van der Waals surface area contributed by atoms with Gasteiger partial charge < -0.3 is 5.11 Å². The van der Waals surface area contributed by atoms with Gasteiger partial charge in [0.15, 0.2) is 9.84 Å². The number of benzene rings is 1. The standard InChI is InChI=1S/C17H26O4S/c1-2-3-4-5-6-7-8-9-14-22(20,21)16-12-10-15(11-13-16)17(18)19/h10-13H,2-9,14H2,1H3,(H,18,19). The average molecular weight is 326 g/mol. The molecule has 1 aromatic carbocycles. The third-order valence-electron chi connectivity index (χ3n) is 3.73. The van der Waals surface area contributed by atoms with Gasteiger partial charge in [0.1, 0.15) is 0 Å². The Balaban J connectivity index is 2.33. The average Bonchev–Trinajstić information content (AvgIpc) is 2.50. The molecule has 0 fully saturated rings. The van der Waals surface area contributed by atoms with Crippen LogP contribution in [0, 0.1) is 0 Å². The molecule has 0 atom stereocenters. The van der Waals surface area contributed by atoms with Crippen molar-refractivity contribution in [3.05, 3.63) is 29.8 Å². The fraction of sp³-hybridized carbons (Fsp3) is 0.588. The quantitative estimate of drug-likeness (QED) is 0.615. The third-order valence-corrected chi connectivity index (χ3v) is 5.54. The highest BCUT2D eigenvalue weighted by Crippen LogP contribution is 2.15. The molecule has 0 heterocycles. The van der Waals surface area contributed by atoms with Crippen molar-refractivity contribution in [3.8, 4) is 0 Å². The Morgan fingerprint density at radius 1 is 0.909 bits per heavy atom. The van der Waals surface area contributed by atoms with Gasteiger partial charge in [0.25, 0.3) is 0 Å². The number of hydrogen-bond donors (Lipinski definition) is 1. The maximum atomic E-state index is 12.1. The van der Waals surface area contributed by atoms with E-state index in [1.54, 1.807) is 0 Å². The number of carboxylic acid groups (broad SMARTS) is 1. The molecule has 0 spiro atoms. The van der Waals surface area contributed by atoms with E-state index in [1.807, 2.05) is 0 Å². The van der Waals surface area contributed by atoms with Crippen molar-refractivity contribution in [2.45, 2.75) is 63.2 Å². The lowest BCUT2D eigenvalue weighted by Gasteiger charge is -2.05. The van der Waals surface area contributed by atoms with Gasteiger partial charge in [-0.25, -0.2) is 13.2 Å². The maximum absolute atomic E-state index is 12.1. The number of unbranched alkanes of at least 4 members (excludes halogenated alkanes) is 7. The van der Waals surface area contributed by atoms with Gasteiger partial charge in [0.05, 0.1) is 16.2 Å². The zero-order valence-corrected chi connectivity index (χ0v) is 14.1. The van der Waals surface area contributed by atoms with Gasteiger partial charge in [-0.2, -0.15) is 0 Å². The van der Waals surface area contributed by atoms with Gasteiger partial charge in [-0.05, 0) is 30.7 Å². The summed E-state index contributed by atoms with van der Waals surface area (Å²) in [5, 5.41) is 8.81. The highest BCUT2D eigenvalue weighted by Gasteiger charge is 2.14. The number of rotatable bonds is 11. The molecule has 0 amide bonds. The SMILES string of the molecule is CCCCCCCCCCS(=O)(=O)c1ccc(C(=O)O)cc1. The van der Waals surface area contributed by atoms with Gasteiger partial charge in [-0.3, -0.25) is 0 Å². The van der Waals surface area contributed by atoms with E-state index in [9.17, 15) is 13.2 Å². The number of sulfone groups is 1. The first-order valence-electron chi connectivity index (χ1n) is 8.03. The van der Waals surface area contributed by atoms with Gasteiger partial charge >= 0.3 is 5.97 Å². The zero-order valence-electron chi connectivity index (χ0n) is 13.3. The van der Waals surface area contributed by atoms with Crippen LogP contribution < -0.4 is 0 Å². The van der Waals surface area contributed by atoms with Crippen LogP contribution in [0.25, 0.3) is 0 Å². The molecule has 5 heteroatoms. The Hall–Kier alpha value is -1.36. The monoisotopic (exact) mass is 326 g/mol. The van der Waals surface area contributed by atoms with Gasteiger partial charge in [-0.1, -0.05) is 51.9 Å². The Morgan fingerprint density at radius 3 is 1.91 bits per heavy atom. The Labute approximate surface area is 133 Å². The summed E-state index contributed by atoms with van der Waals surface area (Å²) < 4.78 is 24.3. The first kappa shape index (κ1) is 18.7. The van der Waals surface area contributed by atoms with Gasteiger partial charge in [-0.15, -0.1) is 0 Å². The molecule has 1 rings (SSSR count). The summed E-state index contributed by atoms with van der Waals surface area (Å²) in [4.78, 5) is 11.0. The summed E-state index contributed by atoms with van der Waals surface area (Å²) in [6.07, 6.45) is 8.86. The molecule has 0 bridgehead atoms. The van der Waals surface area contributed by atoms with E-state index in [0.717, 1.165) is 12.8 Å². The van der Waals surface area contributed by atoms with Crippen LogP contribution in [0.1, 0.15) is 68.6 Å². The summed E-state index contributed by atoms with van der Waals surface area (Å²) in [5.74, 6) is -0.916. The van der Waals surface area contributed by atoms with Crippen molar-refractivity contribution in [1.29, 1.82) is 0 Å². The second-order valence-electron chi connectivity index (χ2n) is 5.62. The highest BCUT2D eigenvalue weighted by molar-refractivity contribution is 7.91. The van der Waals surface area contributed by atoms with E-state index in [4.69, 9.17) is 5.11 Å². The minimum absolute atomic E-state index is 0.103. The predicted octanol–water partition coefficient (Wildman–Crippen LogP) is 4.30.